The van der Waals surface area contributed by atoms with Crippen molar-refractivity contribution < 1.29 is 44.3 Å². The standard InChI is InChI=1S/C15H18N6O10S3/c1-30-10-8-11(31-2)18-14(17-10)19-15(23)20-34(28,29)12-9(6-5-7-16-12)13(22)21(32(3,24)25)33(4,26)27/h5-8H,1-4H3,(H2,17,18,19,20,23). The molecule has 0 unspecified atom stereocenters. The topological polar surface area (TPSA) is 221 Å². The Kier molecular flexibility index (Phi) is 7.63. The van der Waals surface area contributed by atoms with E-state index in [1.54, 1.807) is 0 Å². The van der Waals surface area contributed by atoms with Gasteiger partial charge in [-0.05, 0) is 12.1 Å². The quantitative estimate of drug-likeness (QED) is 0.402. The van der Waals surface area contributed by atoms with Gasteiger partial charge in [0.2, 0.25) is 37.8 Å². The van der Waals surface area contributed by atoms with E-state index in [1.165, 1.54) is 25.0 Å². The summed E-state index contributed by atoms with van der Waals surface area (Å²) in [5.41, 5.74) is -0.932. The maximum Gasteiger partial charge on any atom is 0.335 e. The second-order valence-electron chi connectivity index (χ2n) is 6.22. The average molecular weight is 539 g/mol. The molecule has 0 radical (unpaired) electrons. The van der Waals surface area contributed by atoms with E-state index in [1.807, 2.05) is 5.32 Å². The Morgan fingerprint density at radius 2 is 1.47 bits per heavy atom. The number of aromatic nitrogens is 3. The molecular weight excluding hydrogens is 520 g/mol. The molecule has 19 heteroatoms. The number of anilines is 1. The van der Waals surface area contributed by atoms with Crippen LogP contribution in [0.1, 0.15) is 10.4 Å². The highest BCUT2D eigenvalue weighted by atomic mass is 32.3. The molecule has 34 heavy (non-hydrogen) atoms. The molecule has 2 rings (SSSR count). The molecule has 3 amide bonds. The highest BCUT2D eigenvalue weighted by molar-refractivity contribution is 8.04. The second kappa shape index (κ2) is 9.73. The molecule has 2 N–H and O–H groups in total. The normalized spacial score (nSPS) is 11.9. The number of nitrogens with one attached hydrogen (secondary N) is 2. The van der Waals surface area contributed by atoms with Crippen molar-refractivity contribution >= 4 is 48.0 Å². The van der Waals surface area contributed by atoms with Gasteiger partial charge in [-0.2, -0.15) is 18.4 Å². The Bertz CT molecular complexity index is 1390. The van der Waals surface area contributed by atoms with Gasteiger partial charge in [-0.3, -0.25) is 10.1 Å². The van der Waals surface area contributed by atoms with E-state index in [0.29, 0.717) is 12.5 Å². The molecule has 16 nitrogen and oxygen atoms in total. The Balaban J connectivity index is 2.42. The number of rotatable bonds is 8. The predicted molar refractivity (Wildman–Crippen MR) is 115 cm³/mol. The lowest BCUT2D eigenvalue weighted by Crippen LogP contribution is -2.42. The van der Waals surface area contributed by atoms with Crippen LogP contribution in [0, 0.1) is 0 Å². The molecule has 0 fully saturated rings. The Morgan fingerprint density at radius 1 is 0.941 bits per heavy atom. The molecule has 2 aromatic heterocycles. The number of amides is 3. The average Bonchev–Trinajstić information content (AvgIpc) is 2.70. The number of methoxy groups -OCH3 is 2. The van der Waals surface area contributed by atoms with Gasteiger partial charge in [0.05, 0.1) is 38.4 Å². The number of hydrogen-bond donors (Lipinski definition) is 2. The number of nitrogens with zero attached hydrogens (tertiary/aromatic N) is 4. The van der Waals surface area contributed by atoms with Crippen LogP contribution in [0.5, 0.6) is 11.8 Å². The Labute approximate surface area is 194 Å². The van der Waals surface area contributed by atoms with E-state index in [4.69, 9.17) is 9.47 Å². The third kappa shape index (κ3) is 6.26. The molecule has 0 aliphatic carbocycles. The van der Waals surface area contributed by atoms with Gasteiger partial charge in [-0.15, -0.1) is 3.71 Å². The first-order valence-corrected chi connectivity index (χ1v) is 13.8. The van der Waals surface area contributed by atoms with Crippen molar-refractivity contribution in [1.29, 1.82) is 0 Å². The summed E-state index contributed by atoms with van der Waals surface area (Å²) in [5.74, 6) is -2.19. The molecule has 0 aliphatic rings. The fourth-order valence-corrected chi connectivity index (χ4v) is 6.18. The highest BCUT2D eigenvalue weighted by Gasteiger charge is 2.37. The zero-order valence-electron chi connectivity index (χ0n) is 17.9. The van der Waals surface area contributed by atoms with Crippen LogP contribution in [-0.4, -0.2) is 82.6 Å². The first-order valence-electron chi connectivity index (χ1n) is 8.61. The lowest BCUT2D eigenvalue weighted by Gasteiger charge is -2.18. The van der Waals surface area contributed by atoms with E-state index in [0.717, 1.165) is 18.3 Å². The lowest BCUT2D eigenvalue weighted by molar-refractivity contribution is 0.0918. The van der Waals surface area contributed by atoms with Gasteiger partial charge < -0.3 is 9.47 Å². The third-order valence-electron chi connectivity index (χ3n) is 3.57. The van der Waals surface area contributed by atoms with Gasteiger partial charge in [-0.1, -0.05) is 0 Å². The molecule has 0 atom stereocenters. The van der Waals surface area contributed by atoms with Crippen LogP contribution >= 0.6 is 0 Å². The maximum atomic E-state index is 12.7. The zero-order chi connectivity index (χ0) is 25.9. The summed E-state index contributed by atoms with van der Waals surface area (Å²) in [5, 5.41) is 0.897. The van der Waals surface area contributed by atoms with Crippen LogP contribution in [0.15, 0.2) is 29.4 Å². The number of urea groups is 1. The molecule has 2 heterocycles. The van der Waals surface area contributed by atoms with Gasteiger partial charge in [0.25, 0.3) is 15.9 Å². The zero-order valence-corrected chi connectivity index (χ0v) is 20.4. The number of carbonyl (C=O) groups is 2. The fourth-order valence-electron chi connectivity index (χ4n) is 2.38. The van der Waals surface area contributed by atoms with Crippen molar-refractivity contribution in [3.63, 3.8) is 0 Å². The van der Waals surface area contributed by atoms with Gasteiger partial charge in [0.1, 0.15) is 0 Å². The summed E-state index contributed by atoms with van der Waals surface area (Å²) < 4.78 is 83.8. The lowest BCUT2D eigenvalue weighted by atomic mass is 10.3. The van der Waals surface area contributed by atoms with Crippen LogP contribution < -0.4 is 19.5 Å². The molecule has 186 valence electrons. The molecule has 0 spiro atoms. The predicted octanol–water partition coefficient (Wildman–Crippen LogP) is -1.24. The first kappa shape index (κ1) is 26.7. The van der Waals surface area contributed by atoms with E-state index in [9.17, 15) is 34.8 Å². The number of carbonyl (C=O) groups excluding carboxylic acids is 2. The first-order chi connectivity index (χ1) is 15.6. The summed E-state index contributed by atoms with van der Waals surface area (Å²) in [4.78, 5) is 36.0. The van der Waals surface area contributed by atoms with E-state index in [-0.39, 0.29) is 11.8 Å². The maximum absolute atomic E-state index is 12.7. The number of sulfonamides is 3. The molecule has 2 aromatic rings. The molecule has 0 aromatic carbocycles. The SMILES string of the molecule is COc1cc(OC)nc(NC(=O)NS(=O)(=O)c2ncccc2C(=O)N(S(C)(=O)=O)S(C)(=O)=O)n1. The van der Waals surface area contributed by atoms with Gasteiger partial charge in [-0.25, -0.2) is 31.3 Å². The minimum atomic E-state index is -4.94. The Hall–Kier alpha value is -3.58. The monoisotopic (exact) mass is 538 g/mol. The van der Waals surface area contributed by atoms with Gasteiger partial charge >= 0.3 is 6.03 Å². The molecule has 0 saturated heterocycles. The van der Waals surface area contributed by atoms with Crippen molar-refractivity contribution in [3.05, 3.63) is 30.0 Å². The van der Waals surface area contributed by atoms with Crippen molar-refractivity contribution in [2.24, 2.45) is 0 Å². The van der Waals surface area contributed by atoms with E-state index in [2.05, 4.69) is 15.0 Å². The minimum Gasteiger partial charge on any atom is -0.481 e. The van der Waals surface area contributed by atoms with Gasteiger partial charge in [0.15, 0.2) is 5.03 Å². The minimum absolute atomic E-state index is 0.0238. The number of pyridine rings is 1. The third-order valence-corrected chi connectivity index (χ3v) is 8.02. The summed E-state index contributed by atoms with van der Waals surface area (Å²) in [7, 11) is -11.8. The summed E-state index contributed by atoms with van der Waals surface area (Å²) in [6.07, 6.45) is 1.79. The van der Waals surface area contributed by atoms with Crippen molar-refractivity contribution in [3.8, 4) is 11.8 Å². The fraction of sp³-hybridized carbons (Fsp3) is 0.267. The molecular formula is C15H18N6O10S3. The van der Waals surface area contributed by atoms with Crippen LogP contribution in [0.3, 0.4) is 0 Å². The highest BCUT2D eigenvalue weighted by Crippen LogP contribution is 2.20. The molecule has 0 aliphatic heterocycles. The summed E-state index contributed by atoms with van der Waals surface area (Å²) in [6, 6.07) is 1.76. The van der Waals surface area contributed by atoms with Crippen molar-refractivity contribution in [1.82, 2.24) is 23.4 Å². The van der Waals surface area contributed by atoms with E-state index < -0.39 is 62.3 Å². The number of hydrogen-bond acceptors (Lipinski definition) is 13. The largest absolute Gasteiger partial charge is 0.481 e. The molecule has 0 bridgehead atoms. The van der Waals surface area contributed by atoms with E-state index >= 15 is 0 Å². The Morgan fingerprint density at radius 3 is 1.94 bits per heavy atom. The smallest absolute Gasteiger partial charge is 0.335 e. The number of ether oxygens (including phenoxy) is 2. The van der Waals surface area contributed by atoms with Crippen LogP contribution in [0.2, 0.25) is 0 Å². The summed E-state index contributed by atoms with van der Waals surface area (Å²) >= 11 is 0. The van der Waals surface area contributed by atoms with Crippen molar-refractivity contribution in [2.75, 3.05) is 32.0 Å². The van der Waals surface area contributed by atoms with Gasteiger partial charge in [0, 0.05) is 6.20 Å². The van der Waals surface area contributed by atoms with Crippen LogP contribution in [0.4, 0.5) is 10.7 Å². The summed E-state index contributed by atoms with van der Waals surface area (Å²) in [6.45, 7) is 0. The second-order valence-corrected chi connectivity index (χ2v) is 11.7. The van der Waals surface area contributed by atoms with Crippen molar-refractivity contribution in [2.45, 2.75) is 5.03 Å². The molecule has 0 saturated carbocycles. The van der Waals surface area contributed by atoms with Crippen LogP contribution in [-0.2, 0) is 30.1 Å². The van der Waals surface area contributed by atoms with Crippen LogP contribution in [0.25, 0.3) is 0 Å².